The quantitative estimate of drug-likeness (QED) is 0.698. The molecule has 0 bridgehead atoms. The third-order valence-corrected chi connectivity index (χ3v) is 8.52. The van der Waals surface area contributed by atoms with Crippen molar-refractivity contribution in [3.05, 3.63) is 29.3 Å². The molecule has 0 saturated carbocycles. The van der Waals surface area contributed by atoms with Crippen LogP contribution in [0.15, 0.2) is 23.1 Å². The molecule has 2 aliphatic heterocycles. The van der Waals surface area contributed by atoms with E-state index >= 15 is 0 Å². The molecule has 3 aliphatic rings. The molecular weight excluding hydrogens is 372 g/mol. The van der Waals surface area contributed by atoms with E-state index in [0.717, 1.165) is 58.2 Å². The van der Waals surface area contributed by atoms with Gasteiger partial charge in [0.05, 0.1) is 4.90 Å². The third kappa shape index (κ3) is 4.61. The highest BCUT2D eigenvalue weighted by Gasteiger charge is 2.33. The lowest BCUT2D eigenvalue weighted by atomic mass is 9.92. The summed E-state index contributed by atoms with van der Waals surface area (Å²) in [6.45, 7) is 5.25. The van der Waals surface area contributed by atoms with Crippen molar-refractivity contribution in [2.45, 2.75) is 68.7 Å². The summed E-state index contributed by atoms with van der Waals surface area (Å²) in [5.41, 5.74) is 2.56. The molecule has 2 heterocycles. The first-order valence-electron chi connectivity index (χ1n) is 11.1. The zero-order valence-corrected chi connectivity index (χ0v) is 17.8. The van der Waals surface area contributed by atoms with Crippen LogP contribution in [0.25, 0.3) is 0 Å². The van der Waals surface area contributed by atoms with E-state index < -0.39 is 10.0 Å². The maximum absolute atomic E-state index is 13.6. The fourth-order valence-corrected chi connectivity index (χ4v) is 6.71. The van der Waals surface area contributed by atoms with Crippen LogP contribution in [0.4, 0.5) is 0 Å². The first-order valence-corrected chi connectivity index (χ1v) is 12.5. The van der Waals surface area contributed by atoms with Crippen LogP contribution < -0.4 is 0 Å². The van der Waals surface area contributed by atoms with Crippen LogP contribution in [0.5, 0.6) is 0 Å². The number of likely N-dealkylation sites (tertiary alicyclic amines) is 1. The van der Waals surface area contributed by atoms with Gasteiger partial charge in [-0.2, -0.15) is 4.31 Å². The van der Waals surface area contributed by atoms with Crippen LogP contribution in [-0.4, -0.2) is 63.1 Å². The van der Waals surface area contributed by atoms with Crippen LogP contribution >= 0.6 is 0 Å². The van der Waals surface area contributed by atoms with Crippen molar-refractivity contribution < 1.29 is 13.2 Å². The number of ether oxygens (including phenoxy) is 1. The number of sulfonamides is 1. The molecule has 4 rings (SSSR count). The van der Waals surface area contributed by atoms with Crippen molar-refractivity contribution in [2.24, 2.45) is 0 Å². The number of aryl methyl sites for hydroxylation is 2. The third-order valence-electron chi connectivity index (χ3n) is 6.58. The molecule has 0 spiro atoms. The van der Waals surface area contributed by atoms with Crippen LogP contribution in [0.2, 0.25) is 0 Å². The Balaban J connectivity index is 1.52. The molecule has 0 radical (unpaired) electrons. The Labute approximate surface area is 170 Å². The minimum absolute atomic E-state index is 0.0633. The van der Waals surface area contributed by atoms with E-state index in [1.165, 1.54) is 30.4 Å². The molecule has 0 amide bonds. The maximum atomic E-state index is 13.6. The summed E-state index contributed by atoms with van der Waals surface area (Å²) in [6, 6.07) is 5.91. The number of hydrogen-bond donors (Lipinski definition) is 0. The fourth-order valence-electron chi connectivity index (χ4n) is 4.93. The minimum Gasteiger partial charge on any atom is -0.381 e. The van der Waals surface area contributed by atoms with Crippen molar-refractivity contribution in [1.82, 2.24) is 9.21 Å². The Bertz CT molecular complexity index is 753. The summed E-state index contributed by atoms with van der Waals surface area (Å²) in [4.78, 5) is 2.95. The highest BCUT2D eigenvalue weighted by atomic mass is 32.2. The second-order valence-corrected chi connectivity index (χ2v) is 10.4. The molecule has 2 saturated heterocycles. The maximum Gasteiger partial charge on any atom is 0.243 e. The molecule has 5 nitrogen and oxygen atoms in total. The van der Waals surface area contributed by atoms with Gasteiger partial charge in [-0.05, 0) is 101 Å². The molecule has 156 valence electrons. The Hall–Kier alpha value is -0.950. The van der Waals surface area contributed by atoms with Gasteiger partial charge in [0.1, 0.15) is 0 Å². The van der Waals surface area contributed by atoms with Gasteiger partial charge in [-0.3, -0.25) is 0 Å². The van der Waals surface area contributed by atoms with Gasteiger partial charge in [0.25, 0.3) is 0 Å². The van der Waals surface area contributed by atoms with E-state index in [9.17, 15) is 8.42 Å². The normalized spacial score (nSPS) is 21.9. The summed E-state index contributed by atoms with van der Waals surface area (Å²) in [6.07, 6.45) is 9.51. The number of fused-ring (bicyclic) bond motifs is 1. The molecule has 2 fully saturated rings. The smallest absolute Gasteiger partial charge is 0.243 e. The summed E-state index contributed by atoms with van der Waals surface area (Å²) < 4.78 is 34.5. The van der Waals surface area contributed by atoms with E-state index in [2.05, 4.69) is 4.90 Å². The van der Waals surface area contributed by atoms with Crippen LogP contribution in [0.3, 0.4) is 0 Å². The Kier molecular flexibility index (Phi) is 6.71. The van der Waals surface area contributed by atoms with Gasteiger partial charge in [-0.15, -0.1) is 0 Å². The fraction of sp³-hybridized carbons (Fsp3) is 0.727. The van der Waals surface area contributed by atoms with Crippen molar-refractivity contribution in [2.75, 3.05) is 39.4 Å². The van der Waals surface area contributed by atoms with E-state index in [-0.39, 0.29) is 6.04 Å². The number of benzene rings is 1. The molecule has 0 atom stereocenters. The van der Waals surface area contributed by atoms with Gasteiger partial charge < -0.3 is 9.64 Å². The SMILES string of the molecule is O=S(=O)(c1ccc2c(c1)CCCC2)N(CCCN1CCCC1)C1CCOCC1. The lowest BCUT2D eigenvalue weighted by Gasteiger charge is -2.34. The molecule has 1 aromatic carbocycles. The monoisotopic (exact) mass is 406 g/mol. The summed E-state index contributed by atoms with van der Waals surface area (Å²) in [7, 11) is -3.47. The molecule has 1 aliphatic carbocycles. The Morgan fingerprint density at radius 2 is 1.71 bits per heavy atom. The van der Waals surface area contributed by atoms with Gasteiger partial charge in [-0.1, -0.05) is 6.07 Å². The molecule has 0 aromatic heterocycles. The standard InChI is InChI=1S/C22H34N2O3S/c25-28(26,22-9-8-19-6-1-2-7-20(19)18-22)24(21-10-16-27-17-11-21)15-5-14-23-12-3-4-13-23/h8-9,18,21H,1-7,10-17H2. The van der Waals surface area contributed by atoms with Crippen molar-refractivity contribution in [1.29, 1.82) is 0 Å². The summed E-state index contributed by atoms with van der Waals surface area (Å²) in [5.74, 6) is 0. The highest BCUT2D eigenvalue weighted by Crippen LogP contribution is 2.28. The Morgan fingerprint density at radius 1 is 1.00 bits per heavy atom. The average Bonchev–Trinajstić information content (AvgIpc) is 3.25. The predicted molar refractivity (Wildman–Crippen MR) is 111 cm³/mol. The highest BCUT2D eigenvalue weighted by molar-refractivity contribution is 7.89. The van der Waals surface area contributed by atoms with Crippen molar-refractivity contribution in [3.8, 4) is 0 Å². The summed E-state index contributed by atoms with van der Waals surface area (Å²) in [5, 5.41) is 0. The van der Waals surface area contributed by atoms with Crippen molar-refractivity contribution >= 4 is 10.0 Å². The lowest BCUT2D eigenvalue weighted by Crippen LogP contribution is -2.44. The zero-order valence-electron chi connectivity index (χ0n) is 16.9. The zero-order chi connectivity index (χ0) is 19.4. The van der Waals surface area contributed by atoms with Gasteiger partial charge in [-0.25, -0.2) is 8.42 Å². The largest absolute Gasteiger partial charge is 0.381 e. The number of hydrogen-bond acceptors (Lipinski definition) is 4. The average molecular weight is 407 g/mol. The molecule has 0 N–H and O–H groups in total. The number of nitrogens with zero attached hydrogens (tertiary/aromatic N) is 2. The van der Waals surface area contributed by atoms with E-state index in [0.29, 0.717) is 24.7 Å². The first kappa shape index (κ1) is 20.3. The second kappa shape index (κ2) is 9.24. The summed E-state index contributed by atoms with van der Waals surface area (Å²) >= 11 is 0. The molecule has 1 aromatic rings. The van der Waals surface area contributed by atoms with Gasteiger partial charge >= 0.3 is 0 Å². The molecular formula is C22H34N2O3S. The van der Waals surface area contributed by atoms with Gasteiger partial charge in [0, 0.05) is 25.8 Å². The number of rotatable bonds is 7. The van der Waals surface area contributed by atoms with Crippen LogP contribution in [0, 0.1) is 0 Å². The second-order valence-electron chi connectivity index (χ2n) is 8.50. The molecule has 28 heavy (non-hydrogen) atoms. The molecule has 0 unspecified atom stereocenters. The lowest BCUT2D eigenvalue weighted by molar-refractivity contribution is 0.0577. The van der Waals surface area contributed by atoms with E-state index in [4.69, 9.17) is 4.74 Å². The van der Waals surface area contributed by atoms with Crippen LogP contribution in [-0.2, 0) is 27.6 Å². The topological polar surface area (TPSA) is 49.9 Å². The van der Waals surface area contributed by atoms with Crippen molar-refractivity contribution in [3.63, 3.8) is 0 Å². The first-order chi connectivity index (χ1) is 13.6. The van der Waals surface area contributed by atoms with E-state index in [1.807, 2.05) is 18.2 Å². The Morgan fingerprint density at radius 3 is 2.46 bits per heavy atom. The molecule has 6 heteroatoms. The van der Waals surface area contributed by atoms with Gasteiger partial charge in [0.2, 0.25) is 10.0 Å². The van der Waals surface area contributed by atoms with Crippen LogP contribution in [0.1, 0.15) is 56.1 Å². The van der Waals surface area contributed by atoms with E-state index in [1.54, 1.807) is 4.31 Å². The predicted octanol–water partition coefficient (Wildman–Crippen LogP) is 3.22. The van der Waals surface area contributed by atoms with Gasteiger partial charge in [0.15, 0.2) is 0 Å². The minimum atomic E-state index is -3.47.